The summed E-state index contributed by atoms with van der Waals surface area (Å²) in [7, 11) is 0. The topological polar surface area (TPSA) is 43.1 Å². The molecule has 2 N–H and O–H groups in total. The quantitative estimate of drug-likeness (QED) is 0.613. The summed E-state index contributed by atoms with van der Waals surface area (Å²) in [5.41, 5.74) is 6.25. The van der Waals surface area contributed by atoms with Crippen LogP contribution in [0.2, 0.25) is 0 Å². The third kappa shape index (κ3) is 0.725. The Morgan fingerprint density at radius 3 is 2.46 bits per heavy atom. The van der Waals surface area contributed by atoms with Crippen molar-refractivity contribution in [2.45, 2.75) is 33.1 Å². The summed E-state index contributed by atoms with van der Waals surface area (Å²) in [6.07, 6.45) is 3.05. The highest BCUT2D eigenvalue weighted by Crippen LogP contribution is 2.67. The minimum Gasteiger partial charge on any atom is -0.369 e. The van der Waals surface area contributed by atoms with Crippen molar-refractivity contribution in [3.05, 3.63) is 12.2 Å². The van der Waals surface area contributed by atoms with Gasteiger partial charge in [-0.3, -0.25) is 4.79 Å². The summed E-state index contributed by atoms with van der Waals surface area (Å²) in [5.74, 6) is 0.454. The zero-order valence-electron chi connectivity index (χ0n) is 8.39. The molecular formula is C11H17NO. The van der Waals surface area contributed by atoms with E-state index in [2.05, 4.69) is 20.4 Å². The van der Waals surface area contributed by atoms with Crippen LogP contribution in [0.5, 0.6) is 0 Å². The molecule has 0 aromatic rings. The lowest BCUT2D eigenvalue weighted by Crippen LogP contribution is -2.43. The molecule has 0 radical (unpaired) electrons. The summed E-state index contributed by atoms with van der Waals surface area (Å²) in [6.45, 7) is 8.35. The van der Waals surface area contributed by atoms with Crippen molar-refractivity contribution in [1.29, 1.82) is 0 Å². The van der Waals surface area contributed by atoms with E-state index >= 15 is 0 Å². The zero-order chi connectivity index (χ0) is 9.85. The first kappa shape index (κ1) is 8.79. The second-order valence-electron chi connectivity index (χ2n) is 5.03. The maximum absolute atomic E-state index is 11.6. The molecule has 0 saturated heterocycles. The molecule has 2 atom stereocenters. The molecule has 2 nitrogen and oxygen atoms in total. The molecule has 2 heteroatoms. The average molecular weight is 179 g/mol. The zero-order valence-corrected chi connectivity index (χ0v) is 8.39. The highest BCUT2D eigenvalue weighted by Gasteiger charge is 2.64. The molecule has 2 fully saturated rings. The Balaban J connectivity index is 2.55. The summed E-state index contributed by atoms with van der Waals surface area (Å²) in [5, 5.41) is 0. The second-order valence-corrected chi connectivity index (χ2v) is 5.03. The number of primary amides is 1. The number of carbonyl (C=O) groups excluding carboxylic acids is 1. The fraction of sp³-hybridized carbons (Fsp3) is 0.727. The predicted octanol–water partition coefficient (Wildman–Crippen LogP) is 1.85. The van der Waals surface area contributed by atoms with E-state index in [1.54, 1.807) is 0 Å². The number of fused-ring (bicyclic) bond motifs is 2. The van der Waals surface area contributed by atoms with Crippen LogP contribution in [0.25, 0.3) is 0 Å². The number of amides is 1. The highest BCUT2D eigenvalue weighted by molar-refractivity contribution is 5.86. The molecule has 2 rings (SSSR count). The van der Waals surface area contributed by atoms with Gasteiger partial charge in [0.15, 0.2) is 0 Å². The monoisotopic (exact) mass is 179 g/mol. The fourth-order valence-electron chi connectivity index (χ4n) is 3.50. The predicted molar refractivity (Wildman–Crippen MR) is 51.9 cm³/mol. The van der Waals surface area contributed by atoms with Crippen LogP contribution >= 0.6 is 0 Å². The van der Waals surface area contributed by atoms with Crippen LogP contribution in [0.3, 0.4) is 0 Å². The molecule has 2 aliphatic rings. The van der Waals surface area contributed by atoms with Crippen molar-refractivity contribution in [3.63, 3.8) is 0 Å². The lowest BCUT2D eigenvalue weighted by molar-refractivity contribution is -0.129. The largest absolute Gasteiger partial charge is 0.369 e. The Kier molecular flexibility index (Phi) is 1.47. The smallest absolute Gasteiger partial charge is 0.228 e. The van der Waals surface area contributed by atoms with Crippen LogP contribution in [0.15, 0.2) is 12.2 Å². The lowest BCUT2D eigenvalue weighted by atomic mass is 9.67. The first-order valence-corrected chi connectivity index (χ1v) is 4.91. The molecule has 0 aliphatic heterocycles. The fourth-order valence-corrected chi connectivity index (χ4v) is 3.50. The Bertz CT molecular complexity index is 292. The van der Waals surface area contributed by atoms with Gasteiger partial charge in [-0.2, -0.15) is 0 Å². The number of carbonyl (C=O) groups is 1. The van der Waals surface area contributed by atoms with Gasteiger partial charge >= 0.3 is 0 Å². The van der Waals surface area contributed by atoms with E-state index in [-0.39, 0.29) is 11.3 Å². The van der Waals surface area contributed by atoms with Gasteiger partial charge in [0.2, 0.25) is 5.91 Å². The van der Waals surface area contributed by atoms with E-state index in [9.17, 15) is 4.79 Å². The minimum absolute atomic E-state index is 0.0376. The summed E-state index contributed by atoms with van der Waals surface area (Å²) in [6, 6.07) is 0. The molecule has 13 heavy (non-hydrogen) atoms. The van der Waals surface area contributed by atoms with Crippen molar-refractivity contribution in [2.24, 2.45) is 22.5 Å². The molecule has 0 spiro atoms. The van der Waals surface area contributed by atoms with E-state index in [1.165, 1.54) is 0 Å². The van der Waals surface area contributed by atoms with Crippen molar-refractivity contribution in [2.75, 3.05) is 0 Å². The Morgan fingerprint density at radius 2 is 2.23 bits per heavy atom. The van der Waals surface area contributed by atoms with Gasteiger partial charge < -0.3 is 5.73 Å². The van der Waals surface area contributed by atoms with Crippen LogP contribution in [-0.4, -0.2) is 5.91 Å². The van der Waals surface area contributed by atoms with Gasteiger partial charge in [0, 0.05) is 0 Å². The van der Waals surface area contributed by atoms with Crippen LogP contribution in [0.1, 0.15) is 33.1 Å². The van der Waals surface area contributed by atoms with Gasteiger partial charge in [-0.15, -0.1) is 0 Å². The molecule has 2 saturated carbocycles. The number of hydrogen-bond donors (Lipinski definition) is 1. The van der Waals surface area contributed by atoms with E-state index in [4.69, 9.17) is 5.73 Å². The normalized spacial score (nSPS) is 41.1. The number of hydrogen-bond acceptors (Lipinski definition) is 1. The van der Waals surface area contributed by atoms with Crippen molar-refractivity contribution < 1.29 is 4.79 Å². The number of nitrogens with two attached hydrogens (primary N) is 1. The number of rotatable bonds is 1. The maximum atomic E-state index is 11.6. The standard InChI is InChI=1S/C11H17NO/c1-7-6-8-4-5-11(7,9(12)13)10(8,2)3/h8H,1,4-6H2,2-3H3,(H2,12,13). The van der Waals surface area contributed by atoms with Crippen LogP contribution < -0.4 is 5.73 Å². The van der Waals surface area contributed by atoms with Crippen molar-refractivity contribution in [3.8, 4) is 0 Å². The van der Waals surface area contributed by atoms with Gasteiger partial charge in [-0.1, -0.05) is 26.0 Å². The molecule has 0 heterocycles. The van der Waals surface area contributed by atoms with Gasteiger partial charge in [0.05, 0.1) is 5.41 Å². The molecule has 72 valence electrons. The molecule has 1 amide bonds. The van der Waals surface area contributed by atoms with E-state index in [0.29, 0.717) is 5.92 Å². The summed E-state index contributed by atoms with van der Waals surface area (Å²) >= 11 is 0. The summed E-state index contributed by atoms with van der Waals surface area (Å²) < 4.78 is 0. The van der Waals surface area contributed by atoms with Crippen molar-refractivity contribution >= 4 is 5.91 Å². The molecule has 2 bridgehead atoms. The van der Waals surface area contributed by atoms with E-state index < -0.39 is 5.41 Å². The van der Waals surface area contributed by atoms with Crippen LogP contribution in [0.4, 0.5) is 0 Å². The van der Waals surface area contributed by atoms with Crippen LogP contribution in [-0.2, 0) is 4.79 Å². The van der Waals surface area contributed by atoms with Gasteiger partial charge in [0.25, 0.3) is 0 Å². The van der Waals surface area contributed by atoms with Gasteiger partial charge in [0.1, 0.15) is 0 Å². The van der Waals surface area contributed by atoms with Gasteiger partial charge in [-0.05, 0) is 30.6 Å². The molecule has 0 aromatic heterocycles. The first-order chi connectivity index (χ1) is 5.93. The highest BCUT2D eigenvalue weighted by atomic mass is 16.1. The van der Waals surface area contributed by atoms with Gasteiger partial charge in [-0.25, -0.2) is 0 Å². The SMILES string of the molecule is C=C1CC2CCC1(C(N)=O)C2(C)C. The Hall–Kier alpha value is -0.790. The van der Waals surface area contributed by atoms with Crippen LogP contribution in [0, 0.1) is 16.7 Å². The van der Waals surface area contributed by atoms with E-state index in [1.807, 2.05) is 0 Å². The third-order valence-electron chi connectivity index (χ3n) is 4.51. The maximum Gasteiger partial charge on any atom is 0.228 e. The third-order valence-corrected chi connectivity index (χ3v) is 4.51. The second kappa shape index (κ2) is 2.17. The minimum atomic E-state index is -0.391. The Labute approximate surface area is 79.2 Å². The van der Waals surface area contributed by atoms with E-state index in [0.717, 1.165) is 24.8 Å². The molecular weight excluding hydrogens is 162 g/mol. The molecule has 2 unspecified atom stereocenters. The average Bonchev–Trinajstić information content (AvgIpc) is 2.35. The van der Waals surface area contributed by atoms with Crippen molar-refractivity contribution in [1.82, 2.24) is 0 Å². The molecule has 2 aliphatic carbocycles. The summed E-state index contributed by atoms with van der Waals surface area (Å²) in [4.78, 5) is 11.6. The first-order valence-electron chi connectivity index (χ1n) is 4.91. The lowest BCUT2D eigenvalue weighted by Gasteiger charge is -2.35. The Morgan fingerprint density at radius 1 is 1.62 bits per heavy atom. The molecule has 0 aromatic carbocycles.